The molecule has 1 aliphatic heterocycles. The van der Waals surface area contributed by atoms with Crippen molar-refractivity contribution in [1.82, 2.24) is 4.90 Å². The number of ether oxygens (including phenoxy) is 2. The van der Waals surface area contributed by atoms with Crippen LogP contribution in [0.1, 0.15) is 37.8 Å². The second-order valence-corrected chi connectivity index (χ2v) is 8.54. The number of hydrogen-bond acceptors (Lipinski definition) is 4. The van der Waals surface area contributed by atoms with Gasteiger partial charge in [-0.05, 0) is 56.4 Å². The first kappa shape index (κ1) is 22.2. The number of carbonyl (C=O) groups is 2. The lowest BCUT2D eigenvalue weighted by Crippen LogP contribution is -2.52. The average molecular weight is 430 g/mol. The molecule has 1 heterocycles. The Labute approximate surface area is 182 Å². The van der Waals surface area contributed by atoms with Gasteiger partial charge in [0.1, 0.15) is 6.61 Å². The quantitative estimate of drug-likeness (QED) is 0.588. The summed E-state index contributed by atoms with van der Waals surface area (Å²) in [6, 6.07) is 17.0. The summed E-state index contributed by atoms with van der Waals surface area (Å²) in [4.78, 5) is 27.5. The molecule has 0 aromatic heterocycles. The number of halogens is 1. The second kappa shape index (κ2) is 9.98. The van der Waals surface area contributed by atoms with Crippen LogP contribution in [0.4, 0.5) is 4.79 Å². The second-order valence-electron chi connectivity index (χ2n) is 8.10. The normalized spacial score (nSPS) is 18.9. The van der Waals surface area contributed by atoms with Crippen LogP contribution in [0, 0.1) is 5.41 Å². The lowest BCUT2D eigenvalue weighted by molar-refractivity contribution is -0.163. The van der Waals surface area contributed by atoms with E-state index in [0.717, 1.165) is 11.1 Å². The molecule has 1 unspecified atom stereocenters. The van der Waals surface area contributed by atoms with Gasteiger partial charge in [-0.15, -0.1) is 0 Å². The SMILES string of the molecule is CC(C)OC(=O)C1(Cc2ccc(Cl)cc2)CCCN(C(=O)OCc2ccccc2)C1. The van der Waals surface area contributed by atoms with Crippen LogP contribution >= 0.6 is 11.6 Å². The van der Waals surface area contributed by atoms with E-state index in [2.05, 4.69) is 0 Å². The number of carbonyl (C=O) groups excluding carboxylic acids is 2. The zero-order valence-corrected chi connectivity index (χ0v) is 18.2. The van der Waals surface area contributed by atoms with Crippen LogP contribution in [0.5, 0.6) is 0 Å². The van der Waals surface area contributed by atoms with Gasteiger partial charge in [-0.3, -0.25) is 4.79 Å². The number of hydrogen-bond donors (Lipinski definition) is 0. The Morgan fingerprint density at radius 2 is 1.77 bits per heavy atom. The van der Waals surface area contributed by atoms with Gasteiger partial charge in [0, 0.05) is 18.1 Å². The van der Waals surface area contributed by atoms with E-state index in [1.807, 2.05) is 68.4 Å². The largest absolute Gasteiger partial charge is 0.462 e. The van der Waals surface area contributed by atoms with Crippen molar-refractivity contribution in [2.45, 2.75) is 45.8 Å². The molecule has 5 nitrogen and oxygen atoms in total. The number of amides is 1. The summed E-state index contributed by atoms with van der Waals surface area (Å²) in [5.41, 5.74) is 1.11. The van der Waals surface area contributed by atoms with Gasteiger partial charge >= 0.3 is 12.1 Å². The molecule has 3 rings (SSSR count). The van der Waals surface area contributed by atoms with Gasteiger partial charge in [0.15, 0.2) is 0 Å². The maximum Gasteiger partial charge on any atom is 0.410 e. The minimum Gasteiger partial charge on any atom is -0.462 e. The highest BCUT2D eigenvalue weighted by atomic mass is 35.5. The van der Waals surface area contributed by atoms with Crippen LogP contribution < -0.4 is 0 Å². The van der Waals surface area contributed by atoms with Crippen molar-refractivity contribution in [2.24, 2.45) is 5.41 Å². The van der Waals surface area contributed by atoms with Crippen LogP contribution in [-0.4, -0.2) is 36.2 Å². The summed E-state index contributed by atoms with van der Waals surface area (Å²) in [5.74, 6) is -0.270. The van der Waals surface area contributed by atoms with Gasteiger partial charge in [-0.1, -0.05) is 54.1 Å². The molecule has 1 amide bonds. The lowest BCUT2D eigenvalue weighted by atomic mass is 9.75. The summed E-state index contributed by atoms with van der Waals surface area (Å²) >= 11 is 6.01. The van der Waals surface area contributed by atoms with Crippen molar-refractivity contribution in [3.63, 3.8) is 0 Å². The molecular weight excluding hydrogens is 402 g/mol. The number of nitrogens with zero attached hydrogens (tertiary/aromatic N) is 1. The van der Waals surface area contributed by atoms with Gasteiger partial charge in [-0.2, -0.15) is 0 Å². The highest BCUT2D eigenvalue weighted by Crippen LogP contribution is 2.36. The van der Waals surface area contributed by atoms with Crippen LogP contribution in [0.25, 0.3) is 0 Å². The van der Waals surface area contributed by atoms with E-state index in [1.165, 1.54) is 0 Å². The minimum absolute atomic E-state index is 0.205. The standard InChI is InChI=1S/C24H28ClNO4/c1-18(2)30-22(27)24(15-19-9-11-21(25)12-10-19)13-6-14-26(17-24)23(28)29-16-20-7-4-3-5-8-20/h3-5,7-12,18H,6,13-17H2,1-2H3. The van der Waals surface area contributed by atoms with Crippen molar-refractivity contribution in [3.05, 3.63) is 70.7 Å². The highest BCUT2D eigenvalue weighted by molar-refractivity contribution is 6.30. The molecule has 0 saturated carbocycles. The Kier molecular flexibility index (Phi) is 7.38. The van der Waals surface area contributed by atoms with Gasteiger partial charge in [-0.25, -0.2) is 4.79 Å². The molecule has 30 heavy (non-hydrogen) atoms. The lowest BCUT2D eigenvalue weighted by Gasteiger charge is -2.41. The molecule has 0 radical (unpaired) electrons. The molecule has 1 fully saturated rings. The van der Waals surface area contributed by atoms with E-state index in [1.54, 1.807) is 4.90 Å². The molecule has 2 aromatic carbocycles. The van der Waals surface area contributed by atoms with Crippen molar-refractivity contribution >= 4 is 23.7 Å². The summed E-state index contributed by atoms with van der Waals surface area (Å²) in [6.07, 6.45) is 1.22. The monoisotopic (exact) mass is 429 g/mol. The van der Waals surface area contributed by atoms with Gasteiger partial charge in [0.05, 0.1) is 11.5 Å². The fraction of sp³-hybridized carbons (Fsp3) is 0.417. The van der Waals surface area contributed by atoms with E-state index < -0.39 is 11.5 Å². The summed E-state index contributed by atoms with van der Waals surface area (Å²) in [7, 11) is 0. The third kappa shape index (κ3) is 5.76. The third-order valence-electron chi connectivity index (χ3n) is 5.27. The number of likely N-dealkylation sites (tertiary alicyclic amines) is 1. The predicted molar refractivity (Wildman–Crippen MR) is 116 cm³/mol. The Balaban J connectivity index is 1.75. The molecule has 2 aromatic rings. The highest BCUT2D eigenvalue weighted by Gasteiger charge is 2.45. The van der Waals surface area contributed by atoms with Gasteiger partial charge in [0.2, 0.25) is 0 Å². The Morgan fingerprint density at radius 3 is 2.43 bits per heavy atom. The topological polar surface area (TPSA) is 55.8 Å². The number of benzene rings is 2. The Hall–Kier alpha value is -2.53. The summed E-state index contributed by atoms with van der Waals surface area (Å²) in [6.45, 7) is 4.71. The molecule has 0 bridgehead atoms. The first-order valence-corrected chi connectivity index (χ1v) is 10.7. The molecule has 1 saturated heterocycles. The first-order chi connectivity index (χ1) is 14.4. The van der Waals surface area contributed by atoms with Gasteiger partial charge in [0.25, 0.3) is 0 Å². The minimum atomic E-state index is -0.803. The zero-order chi connectivity index (χ0) is 21.6. The van der Waals surface area contributed by atoms with E-state index in [4.69, 9.17) is 21.1 Å². The predicted octanol–water partition coefficient (Wildman–Crippen LogP) is 5.25. The molecular formula is C24H28ClNO4. The van der Waals surface area contributed by atoms with Gasteiger partial charge < -0.3 is 14.4 Å². The molecule has 0 aliphatic carbocycles. The summed E-state index contributed by atoms with van der Waals surface area (Å²) in [5, 5.41) is 0.646. The number of rotatable bonds is 6. The molecule has 1 atom stereocenters. The Bertz CT molecular complexity index is 853. The van der Waals surface area contributed by atoms with Crippen LogP contribution in [0.2, 0.25) is 5.02 Å². The molecule has 0 spiro atoms. The van der Waals surface area contributed by atoms with E-state index in [-0.39, 0.29) is 25.2 Å². The number of piperidine rings is 1. The fourth-order valence-electron chi connectivity index (χ4n) is 3.81. The van der Waals surface area contributed by atoms with Crippen LogP contribution in [0.3, 0.4) is 0 Å². The van der Waals surface area contributed by atoms with Crippen molar-refractivity contribution in [3.8, 4) is 0 Å². The maximum absolute atomic E-state index is 13.1. The Morgan fingerprint density at radius 1 is 1.07 bits per heavy atom. The molecule has 6 heteroatoms. The van der Waals surface area contributed by atoms with Crippen molar-refractivity contribution < 1.29 is 19.1 Å². The fourth-order valence-corrected chi connectivity index (χ4v) is 3.94. The summed E-state index contributed by atoms with van der Waals surface area (Å²) < 4.78 is 11.1. The molecule has 160 valence electrons. The van der Waals surface area contributed by atoms with Crippen LogP contribution in [-0.2, 0) is 27.3 Å². The maximum atomic E-state index is 13.1. The zero-order valence-electron chi connectivity index (χ0n) is 17.5. The smallest absolute Gasteiger partial charge is 0.410 e. The average Bonchev–Trinajstić information content (AvgIpc) is 2.74. The van der Waals surface area contributed by atoms with E-state index in [0.29, 0.717) is 30.8 Å². The van der Waals surface area contributed by atoms with E-state index >= 15 is 0 Å². The van der Waals surface area contributed by atoms with Crippen LogP contribution in [0.15, 0.2) is 54.6 Å². The first-order valence-electron chi connectivity index (χ1n) is 10.3. The van der Waals surface area contributed by atoms with Crippen molar-refractivity contribution in [1.29, 1.82) is 0 Å². The molecule has 0 N–H and O–H groups in total. The van der Waals surface area contributed by atoms with E-state index in [9.17, 15) is 9.59 Å². The third-order valence-corrected chi connectivity index (χ3v) is 5.52. The van der Waals surface area contributed by atoms with Crippen molar-refractivity contribution in [2.75, 3.05) is 13.1 Å². The number of esters is 1. The molecule has 1 aliphatic rings.